The molecule has 0 aromatic carbocycles. The molecule has 7 heteroatoms. The van der Waals surface area contributed by atoms with Crippen molar-refractivity contribution in [3.63, 3.8) is 0 Å². The predicted octanol–water partition coefficient (Wildman–Crippen LogP) is 6.23. The van der Waals surface area contributed by atoms with Crippen LogP contribution in [0.1, 0.15) is 34.9 Å². The van der Waals surface area contributed by atoms with Gasteiger partial charge in [-0.1, -0.05) is 17.7 Å². The van der Waals surface area contributed by atoms with E-state index >= 15 is 0 Å². The molecule has 3 aromatic heterocycles. The van der Waals surface area contributed by atoms with E-state index in [2.05, 4.69) is 43.7 Å². The molecule has 3 N–H and O–H groups in total. The maximum Gasteiger partial charge on any atom is 0.131 e. The standard InChI is InChI=1S/C19H19BrClN3S2/c20-16-17-19(26-18(16)12-5-9-4-10(9)6-13(12)22)14(7-15(21)24-17)23-8-11-2-1-3-25-11/h1-3,7,9-10,12-13H,4-6,8,22H2,(H,23,24)/t9-,10+,12-,13-/m0/s1. The van der Waals surface area contributed by atoms with Crippen molar-refractivity contribution < 1.29 is 0 Å². The molecule has 2 aliphatic rings. The van der Waals surface area contributed by atoms with Crippen LogP contribution in [0.3, 0.4) is 0 Å². The number of aromatic nitrogens is 1. The summed E-state index contributed by atoms with van der Waals surface area (Å²) in [5, 5.41) is 6.17. The van der Waals surface area contributed by atoms with Gasteiger partial charge in [0.25, 0.3) is 0 Å². The third-order valence-electron chi connectivity index (χ3n) is 5.67. The number of hydrogen-bond donors (Lipinski definition) is 2. The number of pyridine rings is 1. The van der Waals surface area contributed by atoms with Gasteiger partial charge >= 0.3 is 0 Å². The fourth-order valence-electron chi connectivity index (χ4n) is 4.19. The summed E-state index contributed by atoms with van der Waals surface area (Å²) in [4.78, 5) is 7.24. The number of fused-ring (bicyclic) bond motifs is 2. The van der Waals surface area contributed by atoms with Crippen molar-refractivity contribution in [2.75, 3.05) is 5.32 Å². The Morgan fingerprint density at radius 2 is 2.15 bits per heavy atom. The maximum absolute atomic E-state index is 6.53. The van der Waals surface area contributed by atoms with Gasteiger partial charge in [-0.05, 0) is 58.5 Å². The molecular formula is C19H19BrClN3S2. The highest BCUT2D eigenvalue weighted by atomic mass is 79.9. The summed E-state index contributed by atoms with van der Waals surface area (Å²) in [7, 11) is 0. The largest absolute Gasteiger partial charge is 0.379 e. The van der Waals surface area contributed by atoms with E-state index in [-0.39, 0.29) is 6.04 Å². The van der Waals surface area contributed by atoms with Gasteiger partial charge in [0.2, 0.25) is 0 Å². The highest BCUT2D eigenvalue weighted by Gasteiger charge is 2.46. The lowest BCUT2D eigenvalue weighted by molar-refractivity contribution is 0.372. The average molecular weight is 469 g/mol. The first-order valence-corrected chi connectivity index (χ1v) is 11.8. The number of hydrogen-bond acceptors (Lipinski definition) is 5. The highest BCUT2D eigenvalue weighted by Crippen LogP contribution is 2.56. The van der Waals surface area contributed by atoms with Crippen LogP contribution in [0, 0.1) is 11.8 Å². The van der Waals surface area contributed by atoms with Gasteiger partial charge < -0.3 is 11.1 Å². The minimum Gasteiger partial charge on any atom is -0.379 e. The van der Waals surface area contributed by atoms with Gasteiger partial charge in [-0.15, -0.1) is 22.7 Å². The molecule has 2 fully saturated rings. The Bertz CT molecular complexity index is 956. The lowest BCUT2D eigenvalue weighted by atomic mass is 9.84. The Labute approximate surface area is 174 Å². The van der Waals surface area contributed by atoms with Crippen LogP contribution in [0.5, 0.6) is 0 Å². The smallest absolute Gasteiger partial charge is 0.131 e. The van der Waals surface area contributed by atoms with E-state index < -0.39 is 0 Å². The van der Waals surface area contributed by atoms with E-state index in [1.165, 1.54) is 22.6 Å². The SMILES string of the molecule is N[C@H]1C[C@H]2C[C@H]2C[C@@H]1c1sc2c(NCc3cccs3)cc(Cl)nc2c1Br. The monoisotopic (exact) mass is 467 g/mol. The van der Waals surface area contributed by atoms with Crippen LogP contribution in [-0.4, -0.2) is 11.0 Å². The van der Waals surface area contributed by atoms with Crippen LogP contribution in [0.4, 0.5) is 5.69 Å². The van der Waals surface area contributed by atoms with Crippen molar-refractivity contribution in [2.45, 2.75) is 37.8 Å². The van der Waals surface area contributed by atoms with Crippen molar-refractivity contribution in [1.82, 2.24) is 4.98 Å². The molecule has 5 rings (SSSR count). The number of halogens is 2. The number of nitrogens with zero attached hydrogens (tertiary/aromatic N) is 1. The molecule has 4 atom stereocenters. The zero-order chi connectivity index (χ0) is 17.8. The van der Waals surface area contributed by atoms with Crippen molar-refractivity contribution in [3.05, 3.63) is 43.0 Å². The van der Waals surface area contributed by atoms with Crippen molar-refractivity contribution in [1.29, 1.82) is 0 Å². The molecule has 3 nitrogen and oxygen atoms in total. The molecular weight excluding hydrogens is 450 g/mol. The number of nitrogens with two attached hydrogens (primary N) is 1. The summed E-state index contributed by atoms with van der Waals surface area (Å²) in [6.07, 6.45) is 3.74. The number of anilines is 1. The first-order valence-electron chi connectivity index (χ1n) is 8.90. The molecule has 3 aromatic rings. The van der Waals surface area contributed by atoms with Crippen LogP contribution in [0.2, 0.25) is 5.15 Å². The van der Waals surface area contributed by atoms with Gasteiger partial charge in [-0.25, -0.2) is 4.98 Å². The summed E-state index contributed by atoms with van der Waals surface area (Å²) in [5.74, 6) is 2.19. The maximum atomic E-state index is 6.53. The summed E-state index contributed by atoms with van der Waals surface area (Å²) < 4.78 is 2.25. The minimum absolute atomic E-state index is 0.251. The number of thiophene rings is 2. The van der Waals surface area contributed by atoms with E-state index in [0.29, 0.717) is 11.1 Å². The Hall–Kier alpha value is -0.660. The predicted molar refractivity (Wildman–Crippen MR) is 116 cm³/mol. The van der Waals surface area contributed by atoms with Gasteiger partial charge in [-0.2, -0.15) is 0 Å². The molecule has 0 spiro atoms. The molecule has 0 saturated heterocycles. The second kappa shape index (κ2) is 6.74. The number of nitrogens with one attached hydrogen (secondary N) is 1. The molecule has 2 aliphatic carbocycles. The Morgan fingerprint density at radius 3 is 2.96 bits per heavy atom. The molecule has 0 amide bonds. The van der Waals surface area contributed by atoms with Gasteiger partial charge in [0.15, 0.2) is 0 Å². The summed E-state index contributed by atoms with van der Waals surface area (Å²) >= 11 is 13.7. The Balaban J connectivity index is 1.52. The van der Waals surface area contributed by atoms with Crippen LogP contribution in [-0.2, 0) is 6.54 Å². The Kier molecular flexibility index (Phi) is 4.52. The van der Waals surface area contributed by atoms with E-state index in [1.807, 2.05) is 17.4 Å². The van der Waals surface area contributed by atoms with E-state index in [4.69, 9.17) is 17.3 Å². The second-order valence-corrected chi connectivity index (χ2v) is 10.6. The van der Waals surface area contributed by atoms with E-state index in [0.717, 1.165) is 45.2 Å². The van der Waals surface area contributed by atoms with Crippen LogP contribution >= 0.6 is 50.2 Å². The fourth-order valence-corrected chi connectivity index (χ4v) is 7.30. The summed E-state index contributed by atoms with van der Waals surface area (Å²) in [6, 6.07) is 6.40. The lowest BCUT2D eigenvalue weighted by Crippen LogP contribution is -2.32. The van der Waals surface area contributed by atoms with Crippen LogP contribution in [0.25, 0.3) is 10.2 Å². The topological polar surface area (TPSA) is 50.9 Å². The van der Waals surface area contributed by atoms with Crippen molar-refractivity contribution >= 4 is 66.1 Å². The molecule has 26 heavy (non-hydrogen) atoms. The van der Waals surface area contributed by atoms with Crippen molar-refractivity contribution in [2.24, 2.45) is 17.6 Å². The molecule has 0 aliphatic heterocycles. The third-order valence-corrected chi connectivity index (χ3v) is 9.14. The average Bonchev–Trinajstić information content (AvgIpc) is 3.02. The molecule has 136 valence electrons. The van der Waals surface area contributed by atoms with Crippen LogP contribution in [0.15, 0.2) is 28.1 Å². The second-order valence-electron chi connectivity index (χ2n) is 7.38. The van der Waals surface area contributed by atoms with Crippen molar-refractivity contribution in [3.8, 4) is 0 Å². The van der Waals surface area contributed by atoms with Gasteiger partial charge in [0.1, 0.15) is 5.15 Å². The normalized spacial score (nSPS) is 27.5. The molecule has 0 bridgehead atoms. The van der Waals surface area contributed by atoms with Gasteiger partial charge in [0, 0.05) is 34.3 Å². The third kappa shape index (κ3) is 3.10. The molecule has 2 saturated carbocycles. The first-order chi connectivity index (χ1) is 12.6. The molecule has 0 radical (unpaired) electrons. The van der Waals surface area contributed by atoms with E-state index in [9.17, 15) is 0 Å². The first kappa shape index (κ1) is 17.4. The fraction of sp³-hybridized carbons (Fsp3) is 0.421. The molecule has 3 heterocycles. The highest BCUT2D eigenvalue weighted by molar-refractivity contribution is 9.10. The number of rotatable bonds is 4. The van der Waals surface area contributed by atoms with Crippen LogP contribution < -0.4 is 11.1 Å². The lowest BCUT2D eigenvalue weighted by Gasteiger charge is -2.27. The zero-order valence-corrected chi connectivity index (χ0v) is 18.0. The van der Waals surface area contributed by atoms with Gasteiger partial charge in [-0.3, -0.25) is 0 Å². The van der Waals surface area contributed by atoms with E-state index in [1.54, 1.807) is 11.3 Å². The minimum atomic E-state index is 0.251. The van der Waals surface area contributed by atoms with Gasteiger partial charge in [0.05, 0.1) is 20.4 Å². The summed E-state index contributed by atoms with van der Waals surface area (Å²) in [6.45, 7) is 0.796. The zero-order valence-electron chi connectivity index (χ0n) is 14.0. The molecule has 0 unspecified atom stereocenters. The Morgan fingerprint density at radius 1 is 1.31 bits per heavy atom. The quantitative estimate of drug-likeness (QED) is 0.446. The summed E-state index contributed by atoms with van der Waals surface area (Å²) in [5.41, 5.74) is 8.54.